The van der Waals surface area contributed by atoms with Crippen LogP contribution in [0, 0.1) is 0 Å². The maximum absolute atomic E-state index is 11.4. The highest BCUT2D eigenvalue weighted by molar-refractivity contribution is 6.67. The lowest BCUT2D eigenvalue weighted by molar-refractivity contribution is -0.127. The second-order valence-corrected chi connectivity index (χ2v) is 7.52. The molecule has 1 saturated heterocycles. The summed E-state index contributed by atoms with van der Waals surface area (Å²) in [6.07, 6.45) is 2.45. The van der Waals surface area contributed by atoms with Crippen molar-refractivity contribution in [3.05, 3.63) is 0 Å². The number of aliphatic hydroxyl groups is 1. The smallest absolute Gasteiger partial charge is 0.364 e. The van der Waals surface area contributed by atoms with Gasteiger partial charge in [0, 0.05) is 33.7 Å². The van der Waals surface area contributed by atoms with Gasteiger partial charge in [-0.25, -0.2) is 0 Å². The minimum atomic E-state index is -2.39. The molecule has 0 radical (unpaired) electrons. The standard InChI is InChI=1S/C10H21NO4Si/c1-14-16(9-12,15-2)8-4-7-11-6-3-5-10(11)13/h12H,3-9H2,1-2H3. The molecule has 0 aromatic heterocycles. The third-order valence-corrected chi connectivity index (χ3v) is 6.23. The SMILES string of the molecule is CO[Si](CO)(CCCN1CCCC1=O)OC. The molecule has 1 fully saturated rings. The van der Waals surface area contributed by atoms with Crippen LogP contribution in [-0.4, -0.2) is 58.0 Å². The first-order chi connectivity index (χ1) is 7.67. The number of hydrogen-bond donors (Lipinski definition) is 1. The number of amides is 1. The van der Waals surface area contributed by atoms with Crippen molar-refractivity contribution in [3.8, 4) is 0 Å². The molecule has 94 valence electrons. The Labute approximate surface area is 97.6 Å². The molecule has 1 rings (SSSR count). The summed E-state index contributed by atoms with van der Waals surface area (Å²) < 4.78 is 10.6. The second-order valence-electron chi connectivity index (χ2n) is 4.06. The zero-order chi connectivity index (χ0) is 12.0. The van der Waals surface area contributed by atoms with Crippen molar-refractivity contribution in [3.63, 3.8) is 0 Å². The Morgan fingerprint density at radius 3 is 2.56 bits per heavy atom. The number of hydrogen-bond acceptors (Lipinski definition) is 4. The topological polar surface area (TPSA) is 59.0 Å². The highest BCUT2D eigenvalue weighted by Gasteiger charge is 2.34. The molecule has 1 N–H and O–H groups in total. The third-order valence-electron chi connectivity index (χ3n) is 3.14. The van der Waals surface area contributed by atoms with Crippen LogP contribution in [-0.2, 0) is 13.6 Å². The van der Waals surface area contributed by atoms with Gasteiger partial charge in [0.1, 0.15) is 0 Å². The molecule has 0 aliphatic carbocycles. The molecule has 1 amide bonds. The molecule has 0 aromatic rings. The zero-order valence-corrected chi connectivity index (χ0v) is 11.1. The van der Waals surface area contributed by atoms with Crippen molar-refractivity contribution in [2.45, 2.75) is 25.3 Å². The van der Waals surface area contributed by atoms with E-state index >= 15 is 0 Å². The summed E-state index contributed by atoms with van der Waals surface area (Å²) in [6.45, 7) is 1.62. The van der Waals surface area contributed by atoms with Crippen molar-refractivity contribution >= 4 is 14.5 Å². The highest BCUT2D eigenvalue weighted by Crippen LogP contribution is 2.16. The summed E-state index contributed by atoms with van der Waals surface area (Å²) in [5, 5.41) is 9.25. The van der Waals surface area contributed by atoms with Crippen LogP contribution in [0.15, 0.2) is 0 Å². The molecule has 1 heterocycles. The van der Waals surface area contributed by atoms with Crippen molar-refractivity contribution < 1.29 is 18.8 Å². The number of nitrogens with zero attached hydrogens (tertiary/aromatic N) is 1. The first-order valence-corrected chi connectivity index (χ1v) is 7.89. The molecule has 0 atom stereocenters. The average Bonchev–Trinajstić information content (AvgIpc) is 2.71. The van der Waals surface area contributed by atoms with Gasteiger partial charge in [0.25, 0.3) is 0 Å². The lowest BCUT2D eigenvalue weighted by Gasteiger charge is -2.26. The fourth-order valence-electron chi connectivity index (χ4n) is 1.98. The van der Waals surface area contributed by atoms with Crippen LogP contribution in [0.5, 0.6) is 0 Å². The fourth-order valence-corrected chi connectivity index (χ4v) is 3.66. The number of rotatable bonds is 7. The molecule has 5 nitrogen and oxygen atoms in total. The Morgan fingerprint density at radius 2 is 2.12 bits per heavy atom. The van der Waals surface area contributed by atoms with Crippen molar-refractivity contribution in [1.82, 2.24) is 4.90 Å². The first-order valence-electron chi connectivity index (χ1n) is 5.66. The van der Waals surface area contributed by atoms with Crippen molar-refractivity contribution in [2.75, 3.05) is 33.5 Å². The van der Waals surface area contributed by atoms with Gasteiger partial charge in [0.15, 0.2) is 0 Å². The van der Waals surface area contributed by atoms with Crippen molar-refractivity contribution in [2.24, 2.45) is 0 Å². The monoisotopic (exact) mass is 247 g/mol. The molecule has 1 aliphatic rings. The highest BCUT2D eigenvalue weighted by atomic mass is 28.4. The maximum Gasteiger partial charge on any atom is 0.364 e. The summed E-state index contributed by atoms with van der Waals surface area (Å²) in [4.78, 5) is 13.2. The van der Waals surface area contributed by atoms with Crippen LogP contribution in [0.25, 0.3) is 0 Å². The molecule has 0 saturated carbocycles. The fraction of sp³-hybridized carbons (Fsp3) is 0.900. The van der Waals surface area contributed by atoms with E-state index in [9.17, 15) is 9.90 Å². The molecular weight excluding hydrogens is 226 g/mol. The maximum atomic E-state index is 11.4. The molecule has 0 unspecified atom stereocenters. The van der Waals surface area contributed by atoms with E-state index in [1.54, 1.807) is 14.2 Å². The third kappa shape index (κ3) is 3.28. The molecular formula is C10H21NO4Si. The molecule has 6 heteroatoms. The predicted molar refractivity (Wildman–Crippen MR) is 62.1 cm³/mol. The average molecular weight is 247 g/mol. The second kappa shape index (κ2) is 6.34. The van der Waals surface area contributed by atoms with Crippen LogP contribution in [0.1, 0.15) is 19.3 Å². The number of carbonyl (C=O) groups is 1. The van der Waals surface area contributed by atoms with E-state index in [4.69, 9.17) is 8.85 Å². The minimum Gasteiger partial charge on any atom is -0.396 e. The summed E-state index contributed by atoms with van der Waals surface area (Å²) in [7, 11) is 0.759. The Kier molecular flexibility index (Phi) is 5.40. The minimum absolute atomic E-state index is 0.0338. The van der Waals surface area contributed by atoms with Gasteiger partial charge in [-0.3, -0.25) is 4.79 Å². The number of aliphatic hydroxyl groups excluding tert-OH is 1. The summed E-state index contributed by atoms with van der Waals surface area (Å²) >= 11 is 0. The molecule has 0 bridgehead atoms. The van der Waals surface area contributed by atoms with E-state index in [0.717, 1.165) is 32.0 Å². The molecule has 1 aliphatic heterocycles. The van der Waals surface area contributed by atoms with Gasteiger partial charge >= 0.3 is 8.56 Å². The molecule has 0 aromatic carbocycles. The van der Waals surface area contributed by atoms with E-state index in [0.29, 0.717) is 6.42 Å². The van der Waals surface area contributed by atoms with Crippen LogP contribution < -0.4 is 0 Å². The normalized spacial score (nSPS) is 17.2. The summed E-state index contributed by atoms with van der Waals surface area (Å²) in [6, 6.07) is 0.722. The lowest BCUT2D eigenvalue weighted by atomic mass is 10.4. The molecule has 16 heavy (non-hydrogen) atoms. The van der Waals surface area contributed by atoms with Gasteiger partial charge in [0.05, 0.1) is 6.23 Å². The Bertz CT molecular complexity index is 225. The Hall–Kier alpha value is -0.433. The van der Waals surface area contributed by atoms with E-state index in [-0.39, 0.29) is 12.1 Å². The number of carbonyl (C=O) groups excluding carboxylic acids is 1. The predicted octanol–water partition coefficient (Wildman–Crippen LogP) is 0.265. The Morgan fingerprint density at radius 1 is 1.44 bits per heavy atom. The largest absolute Gasteiger partial charge is 0.396 e. The van der Waals surface area contributed by atoms with E-state index in [2.05, 4.69) is 0 Å². The first kappa shape index (κ1) is 13.6. The van der Waals surface area contributed by atoms with Crippen molar-refractivity contribution in [1.29, 1.82) is 0 Å². The van der Waals surface area contributed by atoms with Crippen LogP contribution in [0.2, 0.25) is 6.04 Å². The van der Waals surface area contributed by atoms with Crippen LogP contribution in [0.4, 0.5) is 0 Å². The van der Waals surface area contributed by atoms with Gasteiger partial charge in [-0.05, 0) is 18.9 Å². The van der Waals surface area contributed by atoms with E-state index in [1.165, 1.54) is 0 Å². The van der Waals surface area contributed by atoms with Gasteiger partial charge in [-0.1, -0.05) is 0 Å². The zero-order valence-electron chi connectivity index (χ0n) is 10.1. The summed E-state index contributed by atoms with van der Waals surface area (Å²) in [5.41, 5.74) is 0. The summed E-state index contributed by atoms with van der Waals surface area (Å²) in [5.74, 6) is 0.242. The van der Waals surface area contributed by atoms with Gasteiger partial charge < -0.3 is 18.9 Å². The van der Waals surface area contributed by atoms with E-state index < -0.39 is 8.56 Å². The van der Waals surface area contributed by atoms with Gasteiger partial charge in [-0.15, -0.1) is 0 Å². The van der Waals surface area contributed by atoms with Gasteiger partial charge in [0.2, 0.25) is 5.91 Å². The Balaban J connectivity index is 2.30. The van der Waals surface area contributed by atoms with Crippen LogP contribution >= 0.6 is 0 Å². The van der Waals surface area contributed by atoms with E-state index in [1.807, 2.05) is 4.90 Å². The number of likely N-dealkylation sites (tertiary alicyclic amines) is 1. The quantitative estimate of drug-likeness (QED) is 0.656. The van der Waals surface area contributed by atoms with Crippen LogP contribution in [0.3, 0.4) is 0 Å². The van der Waals surface area contributed by atoms with Gasteiger partial charge in [-0.2, -0.15) is 0 Å². The lowest BCUT2D eigenvalue weighted by Crippen LogP contribution is -2.45. The molecule has 0 spiro atoms.